The molecule has 1 aromatic carbocycles. The molecule has 0 radical (unpaired) electrons. The first kappa shape index (κ1) is 15.8. The van der Waals surface area contributed by atoms with Crippen molar-refractivity contribution >= 4 is 0 Å². The first-order valence-electron chi connectivity index (χ1n) is 6.55. The fourth-order valence-electron chi connectivity index (χ4n) is 2.31. The highest BCUT2D eigenvalue weighted by Gasteiger charge is 2.20. The lowest BCUT2D eigenvalue weighted by atomic mass is 9.98. The van der Waals surface area contributed by atoms with Crippen LogP contribution in [0.15, 0.2) is 12.1 Å². The zero-order valence-electron chi connectivity index (χ0n) is 12.6. The third-order valence-electron chi connectivity index (χ3n) is 3.37. The summed E-state index contributed by atoms with van der Waals surface area (Å²) in [5, 5.41) is 9.04. The van der Waals surface area contributed by atoms with Crippen molar-refractivity contribution < 1.29 is 14.6 Å². The van der Waals surface area contributed by atoms with Crippen LogP contribution in [0, 0.1) is 6.92 Å². The summed E-state index contributed by atoms with van der Waals surface area (Å²) in [6, 6.07) is 4.25. The third-order valence-corrected chi connectivity index (χ3v) is 3.37. The van der Waals surface area contributed by atoms with Crippen LogP contribution >= 0.6 is 0 Å². The summed E-state index contributed by atoms with van der Waals surface area (Å²) in [5.41, 5.74) is 2.16. The van der Waals surface area contributed by atoms with Gasteiger partial charge in [0.25, 0.3) is 0 Å². The Balaban J connectivity index is 3.19. The van der Waals surface area contributed by atoms with Crippen LogP contribution in [-0.2, 0) is 0 Å². The average Bonchev–Trinajstić information content (AvgIpc) is 2.39. The molecule has 0 saturated heterocycles. The number of ether oxygens (including phenoxy) is 2. The molecule has 0 saturated carbocycles. The van der Waals surface area contributed by atoms with Crippen LogP contribution < -0.4 is 9.47 Å². The minimum absolute atomic E-state index is 0.204. The van der Waals surface area contributed by atoms with Gasteiger partial charge in [-0.3, -0.25) is 0 Å². The van der Waals surface area contributed by atoms with Crippen LogP contribution in [0.3, 0.4) is 0 Å². The second-order valence-electron chi connectivity index (χ2n) is 4.91. The number of methoxy groups -OCH3 is 2. The van der Waals surface area contributed by atoms with E-state index in [1.807, 2.05) is 33.2 Å². The Morgan fingerprint density at radius 1 is 1.16 bits per heavy atom. The Morgan fingerprint density at radius 3 is 2.26 bits per heavy atom. The van der Waals surface area contributed by atoms with Gasteiger partial charge in [-0.05, 0) is 51.6 Å². The standard InChI is InChI=1S/C15H25NO3/c1-11-9-15(19-5)12(10-14(11)18-4)13(16(2)3)7-6-8-17/h9-10,13,17H,6-8H2,1-5H3. The predicted octanol–water partition coefficient (Wildman–Crippen LogP) is 2.39. The molecule has 0 aromatic heterocycles. The van der Waals surface area contributed by atoms with E-state index in [-0.39, 0.29) is 12.6 Å². The fraction of sp³-hybridized carbons (Fsp3) is 0.600. The lowest BCUT2D eigenvalue weighted by Gasteiger charge is -2.27. The Morgan fingerprint density at radius 2 is 1.79 bits per heavy atom. The van der Waals surface area contributed by atoms with Gasteiger partial charge in [0.05, 0.1) is 14.2 Å². The SMILES string of the molecule is COc1cc(C(CCCO)N(C)C)c(OC)cc1C. The number of hydrogen-bond acceptors (Lipinski definition) is 4. The van der Waals surface area contributed by atoms with Crippen LogP contribution in [0.5, 0.6) is 11.5 Å². The summed E-state index contributed by atoms with van der Waals surface area (Å²) in [5.74, 6) is 1.74. The van der Waals surface area contributed by atoms with Crippen LogP contribution in [0.25, 0.3) is 0 Å². The molecular formula is C15H25NO3. The van der Waals surface area contributed by atoms with E-state index in [2.05, 4.69) is 4.90 Å². The molecular weight excluding hydrogens is 242 g/mol. The first-order chi connectivity index (χ1) is 9.04. The van der Waals surface area contributed by atoms with E-state index >= 15 is 0 Å². The molecule has 0 aliphatic rings. The van der Waals surface area contributed by atoms with E-state index in [1.54, 1.807) is 14.2 Å². The van der Waals surface area contributed by atoms with Gasteiger partial charge in [0.15, 0.2) is 0 Å². The van der Waals surface area contributed by atoms with E-state index in [1.165, 1.54) is 0 Å². The summed E-state index contributed by atoms with van der Waals surface area (Å²) < 4.78 is 10.9. The van der Waals surface area contributed by atoms with Gasteiger partial charge < -0.3 is 19.5 Å². The van der Waals surface area contributed by atoms with E-state index < -0.39 is 0 Å². The van der Waals surface area contributed by atoms with Gasteiger partial charge in [-0.2, -0.15) is 0 Å². The smallest absolute Gasteiger partial charge is 0.124 e. The van der Waals surface area contributed by atoms with Crippen molar-refractivity contribution in [2.45, 2.75) is 25.8 Å². The zero-order chi connectivity index (χ0) is 14.4. The summed E-state index contributed by atoms with van der Waals surface area (Å²) >= 11 is 0. The highest BCUT2D eigenvalue weighted by atomic mass is 16.5. The molecule has 108 valence electrons. The lowest BCUT2D eigenvalue weighted by Crippen LogP contribution is -2.21. The van der Waals surface area contributed by atoms with Crippen LogP contribution in [0.2, 0.25) is 0 Å². The molecule has 1 rings (SSSR count). The molecule has 0 bridgehead atoms. The van der Waals surface area contributed by atoms with Crippen LogP contribution in [-0.4, -0.2) is 44.9 Å². The van der Waals surface area contributed by atoms with E-state index in [4.69, 9.17) is 14.6 Å². The largest absolute Gasteiger partial charge is 0.496 e. The summed E-state index contributed by atoms with van der Waals surface area (Å²) in [7, 11) is 7.43. The van der Waals surface area contributed by atoms with E-state index in [0.717, 1.165) is 35.5 Å². The van der Waals surface area contributed by atoms with Crippen LogP contribution in [0.4, 0.5) is 0 Å². The van der Waals surface area contributed by atoms with E-state index in [0.29, 0.717) is 0 Å². The maximum atomic E-state index is 9.04. The third kappa shape index (κ3) is 3.85. The minimum atomic E-state index is 0.204. The van der Waals surface area contributed by atoms with Crippen molar-refractivity contribution in [3.8, 4) is 11.5 Å². The Labute approximate surface area is 115 Å². The van der Waals surface area contributed by atoms with Gasteiger partial charge in [-0.25, -0.2) is 0 Å². The molecule has 0 amide bonds. The maximum Gasteiger partial charge on any atom is 0.124 e. The van der Waals surface area contributed by atoms with Gasteiger partial charge in [0.1, 0.15) is 11.5 Å². The van der Waals surface area contributed by atoms with Gasteiger partial charge in [0, 0.05) is 18.2 Å². The lowest BCUT2D eigenvalue weighted by molar-refractivity contribution is 0.231. The Kier molecular flexibility index (Phi) is 6.12. The van der Waals surface area contributed by atoms with Crippen molar-refractivity contribution in [3.05, 3.63) is 23.3 Å². The van der Waals surface area contributed by atoms with Crippen molar-refractivity contribution in [3.63, 3.8) is 0 Å². The summed E-state index contributed by atoms with van der Waals surface area (Å²) in [4.78, 5) is 2.14. The van der Waals surface area contributed by atoms with Crippen molar-refractivity contribution in [1.29, 1.82) is 0 Å². The molecule has 0 aliphatic heterocycles. The summed E-state index contributed by atoms with van der Waals surface area (Å²) in [6.45, 7) is 2.21. The molecule has 0 heterocycles. The molecule has 4 nitrogen and oxygen atoms in total. The molecule has 19 heavy (non-hydrogen) atoms. The second kappa shape index (κ2) is 7.36. The number of benzene rings is 1. The first-order valence-corrected chi connectivity index (χ1v) is 6.55. The molecule has 1 aromatic rings. The number of aliphatic hydroxyl groups is 1. The van der Waals surface area contributed by atoms with E-state index in [9.17, 15) is 0 Å². The fourth-order valence-corrected chi connectivity index (χ4v) is 2.31. The van der Waals surface area contributed by atoms with Gasteiger partial charge in [0.2, 0.25) is 0 Å². The van der Waals surface area contributed by atoms with Crippen molar-refractivity contribution in [1.82, 2.24) is 4.90 Å². The molecule has 1 N–H and O–H groups in total. The number of aryl methyl sites for hydroxylation is 1. The number of aliphatic hydroxyl groups excluding tert-OH is 1. The Hall–Kier alpha value is -1.26. The van der Waals surface area contributed by atoms with Crippen molar-refractivity contribution in [2.75, 3.05) is 34.9 Å². The molecule has 0 spiro atoms. The van der Waals surface area contributed by atoms with Gasteiger partial charge in [-0.15, -0.1) is 0 Å². The van der Waals surface area contributed by atoms with Crippen LogP contribution in [0.1, 0.15) is 30.0 Å². The molecule has 1 atom stereocenters. The number of rotatable bonds is 7. The van der Waals surface area contributed by atoms with Gasteiger partial charge >= 0.3 is 0 Å². The highest BCUT2D eigenvalue weighted by molar-refractivity contribution is 5.47. The maximum absolute atomic E-state index is 9.04. The number of nitrogens with zero attached hydrogens (tertiary/aromatic N) is 1. The van der Waals surface area contributed by atoms with Crippen molar-refractivity contribution in [2.24, 2.45) is 0 Å². The topological polar surface area (TPSA) is 41.9 Å². The predicted molar refractivity (Wildman–Crippen MR) is 77.0 cm³/mol. The second-order valence-corrected chi connectivity index (χ2v) is 4.91. The van der Waals surface area contributed by atoms with Gasteiger partial charge in [-0.1, -0.05) is 0 Å². The highest BCUT2D eigenvalue weighted by Crippen LogP contribution is 2.36. The molecule has 4 heteroatoms. The summed E-state index contributed by atoms with van der Waals surface area (Å²) in [6.07, 6.45) is 1.65. The zero-order valence-corrected chi connectivity index (χ0v) is 12.6. The molecule has 0 fully saturated rings. The normalized spacial score (nSPS) is 12.6. The number of hydrogen-bond donors (Lipinski definition) is 1. The quantitative estimate of drug-likeness (QED) is 0.823. The molecule has 1 unspecified atom stereocenters. The monoisotopic (exact) mass is 267 g/mol. The Bertz CT molecular complexity index is 405. The molecule has 0 aliphatic carbocycles. The minimum Gasteiger partial charge on any atom is -0.496 e. The average molecular weight is 267 g/mol.